The number of hydrogen-bond acceptors (Lipinski definition) is 2. The summed E-state index contributed by atoms with van der Waals surface area (Å²) in [4.78, 5) is 4.64. The summed E-state index contributed by atoms with van der Waals surface area (Å²) in [6.45, 7) is 12.5. The molecule has 0 heterocycles. The smallest absolute Gasteiger partial charge is 0.0468 e. The second-order valence-corrected chi connectivity index (χ2v) is 12.7. The Labute approximate surface area is 298 Å². The second-order valence-electron chi connectivity index (χ2n) is 12.7. The molecular weight excluding hydrogens is 605 g/mol. The highest BCUT2D eigenvalue weighted by Gasteiger charge is 2.14. The van der Waals surface area contributed by atoms with Gasteiger partial charge in [-0.05, 0) is 128 Å². The summed E-state index contributed by atoms with van der Waals surface area (Å²) in [6, 6.07) is 57.2. The molecule has 0 unspecified atom stereocenters. The molecule has 7 rings (SSSR count). The predicted molar refractivity (Wildman–Crippen MR) is 219 cm³/mol. The van der Waals surface area contributed by atoms with Gasteiger partial charge in [-0.25, -0.2) is 0 Å². The third-order valence-electron chi connectivity index (χ3n) is 8.89. The Kier molecular flexibility index (Phi) is 10.6. The molecule has 248 valence electrons. The van der Waals surface area contributed by atoms with Crippen LogP contribution in [0.25, 0.3) is 22.9 Å². The zero-order valence-electron chi connectivity index (χ0n) is 30.1. The fourth-order valence-electron chi connectivity index (χ4n) is 6.09. The van der Waals surface area contributed by atoms with E-state index in [1.807, 2.05) is 13.8 Å². The van der Waals surface area contributed by atoms with E-state index in [-0.39, 0.29) is 0 Å². The molecule has 0 aliphatic heterocycles. The van der Waals surface area contributed by atoms with Gasteiger partial charge in [-0.3, -0.25) is 0 Å². The molecule has 0 saturated carbocycles. The van der Waals surface area contributed by atoms with E-state index in [4.69, 9.17) is 0 Å². The van der Waals surface area contributed by atoms with Crippen LogP contribution in [0.2, 0.25) is 0 Å². The molecule has 0 saturated heterocycles. The van der Waals surface area contributed by atoms with Gasteiger partial charge in [-0.1, -0.05) is 127 Å². The van der Waals surface area contributed by atoms with E-state index >= 15 is 0 Å². The van der Waals surface area contributed by atoms with Gasteiger partial charge in [0.2, 0.25) is 0 Å². The molecule has 2 heteroatoms. The average Bonchev–Trinajstić information content (AvgIpc) is 3.15. The lowest BCUT2D eigenvalue weighted by Gasteiger charge is -2.26. The molecule has 0 bridgehead atoms. The van der Waals surface area contributed by atoms with Crippen molar-refractivity contribution in [3.8, 4) is 0 Å². The molecule has 2 nitrogen and oxygen atoms in total. The van der Waals surface area contributed by atoms with E-state index in [1.54, 1.807) is 0 Å². The van der Waals surface area contributed by atoms with Crippen LogP contribution in [0.4, 0.5) is 34.1 Å². The number of aryl methyl sites for hydroxylation is 4. The Hall–Kier alpha value is -5.86. The van der Waals surface area contributed by atoms with Crippen molar-refractivity contribution in [3.05, 3.63) is 191 Å². The van der Waals surface area contributed by atoms with Crippen molar-refractivity contribution in [1.29, 1.82) is 0 Å². The second kappa shape index (κ2) is 15.6. The maximum absolute atomic E-state index is 2.33. The van der Waals surface area contributed by atoms with Crippen LogP contribution in [0.3, 0.4) is 0 Å². The van der Waals surface area contributed by atoms with E-state index in [1.165, 1.54) is 38.6 Å². The normalized spacial score (nSPS) is 10.9. The van der Waals surface area contributed by atoms with Crippen molar-refractivity contribution in [3.63, 3.8) is 0 Å². The molecule has 50 heavy (non-hydrogen) atoms. The summed E-state index contributed by atoms with van der Waals surface area (Å²) in [5.41, 5.74) is 14.2. The average molecular weight is 651 g/mol. The molecule has 0 aliphatic rings. The quantitative estimate of drug-likeness (QED) is 0.151. The number of nitrogens with zero attached hydrogens (tertiary/aromatic N) is 2. The third kappa shape index (κ3) is 7.88. The highest BCUT2D eigenvalue weighted by molar-refractivity contribution is 5.91. The Morgan fingerprint density at radius 1 is 0.300 bits per heavy atom. The predicted octanol–water partition coefficient (Wildman–Crippen LogP) is 14.2. The molecule has 7 aromatic carbocycles. The largest absolute Gasteiger partial charge is 0.311 e. The van der Waals surface area contributed by atoms with Crippen LogP contribution in [0.5, 0.6) is 0 Å². The lowest BCUT2D eigenvalue weighted by molar-refractivity contribution is 1.27. The third-order valence-corrected chi connectivity index (χ3v) is 8.89. The van der Waals surface area contributed by atoms with E-state index in [0.29, 0.717) is 0 Å². The summed E-state index contributed by atoms with van der Waals surface area (Å²) in [6.07, 6.45) is 4.39. The maximum Gasteiger partial charge on any atom is 0.0468 e. The Morgan fingerprint density at radius 2 is 0.580 bits per heavy atom. The first-order chi connectivity index (χ1) is 24.4. The standard InChI is InChI=1S/C46H40N2.C2H6/c1-33-5-20-41(21-6-33)47(42-22-7-34(2)8-23-42)45-28-16-37(17-29-45)13-14-38-15-18-40-32-46(30-19-39(40)31-38)48(43-24-9-35(3)10-25-43)44-26-11-36(4)12-27-44;1-2/h5-32H,1-4H3;1-2H3/b14-13+;. The van der Waals surface area contributed by atoms with Crippen molar-refractivity contribution in [2.75, 3.05) is 9.80 Å². The van der Waals surface area contributed by atoms with Crippen molar-refractivity contribution >= 4 is 57.0 Å². The number of anilines is 6. The van der Waals surface area contributed by atoms with Gasteiger partial charge in [0.15, 0.2) is 0 Å². The van der Waals surface area contributed by atoms with Gasteiger partial charge < -0.3 is 9.80 Å². The Balaban J connectivity index is 0.00000212. The van der Waals surface area contributed by atoms with Crippen LogP contribution in [0.1, 0.15) is 47.2 Å². The van der Waals surface area contributed by atoms with Gasteiger partial charge in [-0.15, -0.1) is 0 Å². The lowest BCUT2D eigenvalue weighted by Crippen LogP contribution is -2.09. The Bertz CT molecular complexity index is 2080. The number of fused-ring (bicyclic) bond motifs is 1. The highest BCUT2D eigenvalue weighted by Crippen LogP contribution is 2.37. The lowest BCUT2D eigenvalue weighted by atomic mass is 10.0. The van der Waals surface area contributed by atoms with Gasteiger partial charge in [0.25, 0.3) is 0 Å². The van der Waals surface area contributed by atoms with Crippen molar-refractivity contribution in [2.24, 2.45) is 0 Å². The molecule has 0 radical (unpaired) electrons. The van der Waals surface area contributed by atoms with Crippen LogP contribution in [0.15, 0.2) is 158 Å². The highest BCUT2D eigenvalue weighted by atomic mass is 15.1. The van der Waals surface area contributed by atoms with Crippen LogP contribution in [-0.2, 0) is 0 Å². The summed E-state index contributed by atoms with van der Waals surface area (Å²) < 4.78 is 0. The number of rotatable bonds is 8. The molecular formula is C48H46N2. The number of benzene rings is 7. The molecule has 0 N–H and O–H groups in total. The van der Waals surface area contributed by atoms with Gasteiger partial charge in [0.05, 0.1) is 0 Å². The first-order valence-corrected chi connectivity index (χ1v) is 17.6. The molecule has 0 aliphatic carbocycles. The van der Waals surface area contributed by atoms with Crippen LogP contribution in [-0.4, -0.2) is 0 Å². The van der Waals surface area contributed by atoms with Crippen molar-refractivity contribution < 1.29 is 0 Å². The summed E-state index contributed by atoms with van der Waals surface area (Å²) in [5.74, 6) is 0. The van der Waals surface area contributed by atoms with Crippen LogP contribution >= 0.6 is 0 Å². The molecule has 0 amide bonds. The molecule has 7 aromatic rings. The SMILES string of the molecule is CC.Cc1ccc(N(c2ccc(C)cc2)c2ccc(/C=C/c3ccc4cc(N(c5ccc(C)cc5)c5ccc(C)cc5)ccc4c3)cc2)cc1. The first-order valence-electron chi connectivity index (χ1n) is 17.6. The van der Waals surface area contributed by atoms with Gasteiger partial charge in [0, 0.05) is 34.1 Å². The Morgan fingerprint density at radius 3 is 1.00 bits per heavy atom. The zero-order chi connectivity index (χ0) is 35.0. The molecule has 0 fully saturated rings. The minimum Gasteiger partial charge on any atom is -0.311 e. The van der Waals surface area contributed by atoms with E-state index in [9.17, 15) is 0 Å². The van der Waals surface area contributed by atoms with Gasteiger partial charge in [0.1, 0.15) is 0 Å². The molecule has 0 atom stereocenters. The fourth-order valence-corrected chi connectivity index (χ4v) is 6.09. The van der Waals surface area contributed by atoms with Crippen molar-refractivity contribution in [1.82, 2.24) is 0 Å². The topological polar surface area (TPSA) is 6.48 Å². The van der Waals surface area contributed by atoms with Gasteiger partial charge in [-0.2, -0.15) is 0 Å². The summed E-state index contributed by atoms with van der Waals surface area (Å²) in [7, 11) is 0. The van der Waals surface area contributed by atoms with Crippen molar-refractivity contribution in [2.45, 2.75) is 41.5 Å². The monoisotopic (exact) mass is 650 g/mol. The van der Waals surface area contributed by atoms with E-state index in [0.717, 1.165) is 39.7 Å². The minimum atomic E-state index is 1.13. The van der Waals surface area contributed by atoms with Gasteiger partial charge >= 0.3 is 0 Å². The maximum atomic E-state index is 2.33. The first kappa shape index (κ1) is 34.0. The van der Waals surface area contributed by atoms with E-state index < -0.39 is 0 Å². The van der Waals surface area contributed by atoms with Crippen LogP contribution < -0.4 is 9.80 Å². The fraction of sp³-hybridized carbons (Fsp3) is 0.125. The summed E-state index contributed by atoms with van der Waals surface area (Å²) >= 11 is 0. The van der Waals surface area contributed by atoms with E-state index in [2.05, 4.69) is 207 Å². The zero-order valence-corrected chi connectivity index (χ0v) is 30.1. The molecule has 0 aromatic heterocycles. The number of hydrogen-bond donors (Lipinski definition) is 0. The van der Waals surface area contributed by atoms with Crippen LogP contribution in [0, 0.1) is 27.7 Å². The molecule has 0 spiro atoms. The summed E-state index contributed by atoms with van der Waals surface area (Å²) in [5, 5.41) is 2.43. The minimum absolute atomic E-state index is 1.13.